The van der Waals surface area contributed by atoms with Gasteiger partial charge >= 0.3 is 12.1 Å². The number of benzene rings is 2. The summed E-state index contributed by atoms with van der Waals surface area (Å²) >= 11 is 0. The number of rotatable bonds is 7. The van der Waals surface area contributed by atoms with Crippen LogP contribution in [-0.2, 0) is 32.2 Å². The molecule has 9 nitrogen and oxygen atoms in total. The SMILES string of the molecule is CNS(=O)(=O)c1ccc2nc(-c3cccc(C(F)(F)F)c3)c(CN3CCC(N4CCOCC4)CC3)c(C(=O)OC)c2c1. The minimum atomic E-state index is -4.57. The topological polar surface area (TPSA) is 101 Å². The van der Waals surface area contributed by atoms with Gasteiger partial charge in [-0.25, -0.2) is 22.9 Å². The number of hydrogen-bond acceptors (Lipinski definition) is 8. The van der Waals surface area contributed by atoms with Crippen LogP contribution in [0.4, 0.5) is 13.2 Å². The van der Waals surface area contributed by atoms with Crippen LogP contribution in [0.2, 0.25) is 0 Å². The highest BCUT2D eigenvalue weighted by atomic mass is 32.2. The van der Waals surface area contributed by atoms with E-state index in [2.05, 4.69) is 14.5 Å². The smallest absolute Gasteiger partial charge is 0.416 e. The van der Waals surface area contributed by atoms with Crippen LogP contribution < -0.4 is 4.72 Å². The summed E-state index contributed by atoms with van der Waals surface area (Å²) in [6, 6.07) is 9.37. The standard InChI is InChI=1S/C29H33F3N4O5S/c1-33-42(38,39)22-6-7-25-23(17-22)26(28(37)40-2)24(27(34-25)19-4-3-5-20(16-19)29(30,31)32)18-35-10-8-21(9-11-35)36-12-14-41-15-13-36/h3-7,16-17,21,33H,8-15,18H2,1-2H3. The van der Waals surface area contributed by atoms with Gasteiger partial charge in [0.15, 0.2) is 0 Å². The number of hydrogen-bond donors (Lipinski definition) is 1. The number of sulfonamides is 1. The molecule has 3 aromatic rings. The second-order valence-electron chi connectivity index (χ2n) is 10.4. The summed E-state index contributed by atoms with van der Waals surface area (Å²) in [7, 11) is -1.37. The van der Waals surface area contributed by atoms with Crippen molar-refractivity contribution in [2.24, 2.45) is 0 Å². The molecule has 0 radical (unpaired) electrons. The van der Waals surface area contributed by atoms with Crippen molar-refractivity contribution >= 4 is 26.9 Å². The predicted molar refractivity (Wildman–Crippen MR) is 150 cm³/mol. The van der Waals surface area contributed by atoms with Crippen LogP contribution in [0.5, 0.6) is 0 Å². The molecule has 0 spiro atoms. The number of ether oxygens (including phenoxy) is 2. The van der Waals surface area contributed by atoms with E-state index in [-0.39, 0.29) is 39.2 Å². The molecule has 0 atom stereocenters. The summed E-state index contributed by atoms with van der Waals surface area (Å²) in [5.41, 5.74) is 0.299. The van der Waals surface area contributed by atoms with E-state index in [0.29, 0.717) is 37.9 Å². The van der Waals surface area contributed by atoms with Gasteiger partial charge in [-0.1, -0.05) is 12.1 Å². The Bertz CT molecular complexity index is 1570. The van der Waals surface area contributed by atoms with Crippen molar-refractivity contribution in [3.05, 3.63) is 59.2 Å². The van der Waals surface area contributed by atoms with Gasteiger partial charge < -0.3 is 9.47 Å². The Morgan fingerprint density at radius 1 is 1.10 bits per heavy atom. The van der Waals surface area contributed by atoms with Gasteiger partial charge in [-0.15, -0.1) is 0 Å². The number of esters is 1. The molecular formula is C29H33F3N4O5S. The van der Waals surface area contributed by atoms with E-state index in [0.717, 1.165) is 38.1 Å². The molecule has 1 N–H and O–H groups in total. The zero-order valence-corrected chi connectivity index (χ0v) is 24.2. The maximum atomic E-state index is 13.7. The maximum Gasteiger partial charge on any atom is 0.416 e. The Labute approximate surface area is 242 Å². The summed E-state index contributed by atoms with van der Waals surface area (Å²) < 4.78 is 79.1. The second-order valence-corrected chi connectivity index (χ2v) is 12.3. The predicted octanol–water partition coefficient (Wildman–Crippen LogP) is 3.91. The van der Waals surface area contributed by atoms with E-state index in [4.69, 9.17) is 14.5 Å². The summed E-state index contributed by atoms with van der Waals surface area (Å²) in [5.74, 6) is -0.729. The number of fused-ring (bicyclic) bond motifs is 1. The summed E-state index contributed by atoms with van der Waals surface area (Å²) in [6.45, 7) is 4.80. The molecule has 2 aromatic carbocycles. The fourth-order valence-electron chi connectivity index (χ4n) is 5.75. The molecule has 5 rings (SSSR count). The van der Waals surface area contributed by atoms with Crippen LogP contribution in [0, 0.1) is 0 Å². The summed E-state index contributed by atoms with van der Waals surface area (Å²) in [5, 5.41) is 0.243. The molecule has 3 heterocycles. The van der Waals surface area contributed by atoms with E-state index < -0.39 is 27.7 Å². The number of methoxy groups -OCH3 is 1. The molecule has 0 amide bonds. The van der Waals surface area contributed by atoms with E-state index in [1.54, 1.807) is 0 Å². The first-order valence-corrected chi connectivity index (χ1v) is 15.2. The number of nitrogens with zero attached hydrogens (tertiary/aromatic N) is 3. The zero-order chi connectivity index (χ0) is 30.1. The van der Waals surface area contributed by atoms with Crippen LogP contribution in [0.3, 0.4) is 0 Å². The van der Waals surface area contributed by atoms with Crippen LogP contribution in [0.1, 0.15) is 34.3 Å². The van der Waals surface area contributed by atoms with Gasteiger partial charge in [0.25, 0.3) is 0 Å². The molecule has 1 aromatic heterocycles. The van der Waals surface area contributed by atoms with E-state index in [1.165, 1.54) is 44.5 Å². The summed E-state index contributed by atoms with van der Waals surface area (Å²) in [6.07, 6.45) is -2.80. The largest absolute Gasteiger partial charge is 0.465 e. The second kappa shape index (κ2) is 12.3. The number of aromatic nitrogens is 1. The van der Waals surface area contributed by atoms with Gasteiger partial charge in [-0.2, -0.15) is 13.2 Å². The molecule has 2 saturated heterocycles. The first-order chi connectivity index (χ1) is 20.0. The lowest BCUT2D eigenvalue weighted by Gasteiger charge is -2.40. The average Bonchev–Trinajstić information content (AvgIpc) is 3.00. The Hall–Kier alpha value is -3.10. The molecule has 0 unspecified atom stereocenters. The van der Waals surface area contributed by atoms with Crippen LogP contribution in [0.15, 0.2) is 47.4 Å². The highest BCUT2D eigenvalue weighted by molar-refractivity contribution is 7.89. The molecule has 0 bridgehead atoms. The van der Waals surface area contributed by atoms with Crippen molar-refractivity contribution in [3.8, 4) is 11.3 Å². The molecule has 2 aliphatic rings. The Morgan fingerprint density at radius 2 is 1.81 bits per heavy atom. The number of nitrogens with one attached hydrogen (secondary N) is 1. The molecule has 226 valence electrons. The third-order valence-corrected chi connectivity index (χ3v) is 9.40. The summed E-state index contributed by atoms with van der Waals surface area (Å²) in [4.78, 5) is 22.6. The lowest BCUT2D eigenvalue weighted by atomic mass is 9.94. The van der Waals surface area contributed by atoms with Crippen LogP contribution >= 0.6 is 0 Å². The van der Waals surface area contributed by atoms with Crippen molar-refractivity contribution in [2.75, 3.05) is 53.6 Å². The third-order valence-electron chi connectivity index (χ3n) is 7.99. The van der Waals surface area contributed by atoms with Crippen molar-refractivity contribution in [3.63, 3.8) is 0 Å². The van der Waals surface area contributed by atoms with Gasteiger partial charge in [-0.05, 0) is 63.3 Å². The van der Waals surface area contributed by atoms with Gasteiger partial charge in [0.05, 0.1) is 47.6 Å². The van der Waals surface area contributed by atoms with Gasteiger partial charge in [-0.3, -0.25) is 9.80 Å². The van der Waals surface area contributed by atoms with Crippen molar-refractivity contribution in [2.45, 2.75) is 36.5 Å². The number of carbonyl (C=O) groups excluding carboxylic acids is 1. The van der Waals surface area contributed by atoms with Crippen molar-refractivity contribution in [1.29, 1.82) is 0 Å². The molecule has 0 aliphatic carbocycles. The van der Waals surface area contributed by atoms with E-state index in [9.17, 15) is 26.4 Å². The molecule has 42 heavy (non-hydrogen) atoms. The minimum absolute atomic E-state index is 0.0754. The first-order valence-electron chi connectivity index (χ1n) is 13.7. The Morgan fingerprint density at radius 3 is 2.45 bits per heavy atom. The average molecular weight is 607 g/mol. The first kappa shape index (κ1) is 30.4. The highest BCUT2D eigenvalue weighted by Gasteiger charge is 2.32. The van der Waals surface area contributed by atoms with Crippen LogP contribution in [-0.4, -0.2) is 88.8 Å². The highest BCUT2D eigenvalue weighted by Crippen LogP contribution is 2.37. The number of likely N-dealkylation sites (tertiary alicyclic amines) is 1. The monoisotopic (exact) mass is 606 g/mol. The maximum absolute atomic E-state index is 13.7. The molecule has 13 heteroatoms. The van der Waals surface area contributed by atoms with Gasteiger partial charge in [0, 0.05) is 42.2 Å². The number of morpholine rings is 1. The number of piperidine rings is 1. The van der Waals surface area contributed by atoms with Crippen LogP contribution in [0.25, 0.3) is 22.2 Å². The number of pyridine rings is 1. The van der Waals surface area contributed by atoms with Gasteiger partial charge in [0.1, 0.15) is 0 Å². The van der Waals surface area contributed by atoms with Crippen molar-refractivity contribution in [1.82, 2.24) is 19.5 Å². The molecular weight excluding hydrogens is 573 g/mol. The number of halogens is 3. The minimum Gasteiger partial charge on any atom is -0.465 e. The van der Waals surface area contributed by atoms with Gasteiger partial charge in [0.2, 0.25) is 10.0 Å². The lowest BCUT2D eigenvalue weighted by molar-refractivity contribution is -0.137. The zero-order valence-electron chi connectivity index (χ0n) is 23.4. The molecule has 2 aliphatic heterocycles. The fraction of sp³-hybridized carbons (Fsp3) is 0.448. The number of alkyl halides is 3. The van der Waals surface area contributed by atoms with Crippen molar-refractivity contribution < 1.29 is 35.9 Å². The normalized spacial score (nSPS) is 17.9. The van der Waals surface area contributed by atoms with E-state index in [1.807, 2.05) is 0 Å². The molecule has 2 fully saturated rings. The number of carbonyl (C=O) groups is 1. The van der Waals surface area contributed by atoms with E-state index >= 15 is 0 Å². The Kier molecular flexibility index (Phi) is 8.86. The third kappa shape index (κ3) is 6.30. The quantitative estimate of drug-likeness (QED) is 0.404. The fourth-order valence-corrected chi connectivity index (χ4v) is 6.50. The Balaban J connectivity index is 1.63. The molecule has 0 saturated carbocycles. The lowest BCUT2D eigenvalue weighted by Crippen LogP contribution is -2.48.